The summed E-state index contributed by atoms with van der Waals surface area (Å²) in [4.78, 5) is 12.3. The van der Waals surface area contributed by atoms with Crippen LogP contribution in [-0.4, -0.2) is 33.5 Å². The van der Waals surface area contributed by atoms with E-state index in [-0.39, 0.29) is 12.3 Å². The molecule has 0 fully saturated rings. The van der Waals surface area contributed by atoms with E-state index in [1.54, 1.807) is 25.3 Å². The van der Waals surface area contributed by atoms with Crippen LogP contribution >= 0.6 is 35.0 Å². The van der Waals surface area contributed by atoms with Crippen LogP contribution in [0.15, 0.2) is 53.7 Å². The van der Waals surface area contributed by atoms with Gasteiger partial charge in [-0.25, -0.2) is 0 Å². The summed E-state index contributed by atoms with van der Waals surface area (Å²) >= 11 is 13.6. The third-order valence-corrected chi connectivity index (χ3v) is 5.34. The number of halogens is 2. The zero-order chi connectivity index (χ0) is 19.9. The first-order chi connectivity index (χ1) is 13.6. The van der Waals surface area contributed by atoms with Crippen LogP contribution in [0.3, 0.4) is 0 Å². The number of benzene rings is 2. The molecule has 146 valence electrons. The molecule has 0 saturated carbocycles. The maximum atomic E-state index is 12.3. The van der Waals surface area contributed by atoms with Crippen molar-refractivity contribution in [2.24, 2.45) is 0 Å². The van der Waals surface area contributed by atoms with Crippen molar-refractivity contribution in [2.75, 3.05) is 18.2 Å². The fraction of sp³-hybridized carbons (Fsp3) is 0.211. The van der Waals surface area contributed by atoms with Gasteiger partial charge in [0, 0.05) is 25.0 Å². The summed E-state index contributed by atoms with van der Waals surface area (Å²) in [6.07, 6.45) is 0.271. The Hall–Kier alpha value is -2.06. The number of amides is 1. The van der Waals surface area contributed by atoms with E-state index < -0.39 is 0 Å². The first-order valence-corrected chi connectivity index (χ1v) is 10.2. The zero-order valence-electron chi connectivity index (χ0n) is 15.1. The predicted molar refractivity (Wildman–Crippen MR) is 113 cm³/mol. The van der Waals surface area contributed by atoms with Gasteiger partial charge in [0.05, 0.1) is 15.7 Å². The number of nitrogens with one attached hydrogen (secondary N) is 1. The zero-order valence-corrected chi connectivity index (χ0v) is 17.4. The molecule has 3 aromatic rings. The Balaban J connectivity index is 1.66. The molecule has 1 amide bonds. The van der Waals surface area contributed by atoms with Crippen molar-refractivity contribution >= 4 is 46.6 Å². The number of rotatable bonds is 8. The topological polar surface area (TPSA) is 69.0 Å². The highest BCUT2D eigenvalue weighted by Crippen LogP contribution is 2.30. The van der Waals surface area contributed by atoms with Gasteiger partial charge in [0.2, 0.25) is 5.91 Å². The quantitative estimate of drug-likeness (QED) is 0.511. The van der Waals surface area contributed by atoms with Gasteiger partial charge >= 0.3 is 0 Å². The molecule has 0 aliphatic carbocycles. The van der Waals surface area contributed by atoms with Crippen molar-refractivity contribution < 1.29 is 9.53 Å². The Morgan fingerprint density at radius 1 is 1.11 bits per heavy atom. The molecule has 0 aliphatic rings. The molecule has 0 bridgehead atoms. The first kappa shape index (κ1) is 20.7. The maximum Gasteiger partial charge on any atom is 0.225 e. The summed E-state index contributed by atoms with van der Waals surface area (Å²) < 4.78 is 7.14. The van der Waals surface area contributed by atoms with Crippen LogP contribution in [0.4, 0.5) is 5.69 Å². The molecule has 28 heavy (non-hydrogen) atoms. The molecule has 1 N–H and O–H groups in total. The van der Waals surface area contributed by atoms with Crippen molar-refractivity contribution in [3.63, 3.8) is 0 Å². The molecule has 1 aromatic heterocycles. The van der Waals surface area contributed by atoms with Gasteiger partial charge in [-0.05, 0) is 24.3 Å². The van der Waals surface area contributed by atoms with Crippen molar-refractivity contribution in [3.8, 4) is 5.69 Å². The van der Waals surface area contributed by atoms with E-state index in [0.29, 0.717) is 39.1 Å². The monoisotopic (exact) mass is 436 g/mol. The van der Waals surface area contributed by atoms with Crippen LogP contribution in [0.2, 0.25) is 10.0 Å². The third-order valence-electron chi connectivity index (χ3n) is 3.78. The number of ether oxygens (including phenoxy) is 1. The van der Waals surface area contributed by atoms with Crippen molar-refractivity contribution in [1.29, 1.82) is 0 Å². The van der Waals surface area contributed by atoms with Crippen LogP contribution in [0.5, 0.6) is 0 Å². The van der Waals surface area contributed by atoms with Crippen molar-refractivity contribution in [1.82, 2.24) is 14.8 Å². The van der Waals surface area contributed by atoms with Crippen LogP contribution in [0, 0.1) is 0 Å². The largest absolute Gasteiger partial charge is 0.377 e. The van der Waals surface area contributed by atoms with Gasteiger partial charge in [-0.2, -0.15) is 0 Å². The summed E-state index contributed by atoms with van der Waals surface area (Å²) in [5.74, 6) is 1.04. The molecular weight excluding hydrogens is 419 g/mol. The normalized spacial score (nSPS) is 10.8. The average molecular weight is 437 g/mol. The standard InChI is InChI=1S/C19H18Cl2N4O2S/c1-27-12-16-23-24-19(25(16)13-6-3-2-4-7-13)28-11-10-17(26)22-18-14(20)8-5-9-15(18)21/h2-9H,10-12H2,1H3,(H,22,26). The maximum absolute atomic E-state index is 12.3. The lowest BCUT2D eigenvalue weighted by Gasteiger charge is -2.10. The number of methoxy groups -OCH3 is 1. The number of anilines is 1. The second-order valence-electron chi connectivity index (χ2n) is 5.75. The van der Waals surface area contributed by atoms with E-state index in [2.05, 4.69) is 15.5 Å². The van der Waals surface area contributed by atoms with Gasteiger partial charge in [-0.1, -0.05) is 59.2 Å². The van der Waals surface area contributed by atoms with E-state index in [1.807, 2.05) is 34.9 Å². The molecular formula is C19H18Cl2N4O2S. The van der Waals surface area contributed by atoms with Crippen LogP contribution in [0.25, 0.3) is 5.69 Å². The highest BCUT2D eigenvalue weighted by atomic mass is 35.5. The SMILES string of the molecule is COCc1nnc(SCCC(=O)Nc2c(Cl)cccc2Cl)n1-c1ccccc1. The number of aromatic nitrogens is 3. The molecule has 2 aromatic carbocycles. The number of carbonyl (C=O) groups excluding carboxylic acids is 1. The van der Waals surface area contributed by atoms with Gasteiger partial charge in [0.15, 0.2) is 11.0 Å². The third kappa shape index (κ3) is 5.05. The lowest BCUT2D eigenvalue weighted by molar-refractivity contribution is -0.115. The Kier molecular flexibility index (Phi) is 7.33. The van der Waals surface area contributed by atoms with E-state index in [4.69, 9.17) is 27.9 Å². The van der Waals surface area contributed by atoms with Gasteiger partial charge in [-0.15, -0.1) is 10.2 Å². The number of para-hydroxylation sites is 2. The predicted octanol–water partition coefficient (Wildman–Crippen LogP) is 4.84. The smallest absolute Gasteiger partial charge is 0.225 e. The Morgan fingerprint density at radius 3 is 2.50 bits per heavy atom. The second kappa shape index (κ2) is 9.93. The molecule has 3 rings (SSSR count). The summed E-state index contributed by atoms with van der Waals surface area (Å²) in [6.45, 7) is 0.341. The summed E-state index contributed by atoms with van der Waals surface area (Å²) in [6, 6.07) is 14.9. The minimum Gasteiger partial charge on any atom is -0.377 e. The molecule has 0 aliphatic heterocycles. The molecule has 9 heteroatoms. The number of carbonyl (C=O) groups is 1. The minimum atomic E-state index is -0.176. The highest BCUT2D eigenvalue weighted by molar-refractivity contribution is 7.99. The van der Waals surface area contributed by atoms with Crippen molar-refractivity contribution in [2.45, 2.75) is 18.2 Å². The summed E-state index contributed by atoms with van der Waals surface area (Å²) in [7, 11) is 1.61. The van der Waals surface area contributed by atoms with E-state index in [0.717, 1.165) is 5.69 Å². The van der Waals surface area contributed by atoms with Gasteiger partial charge < -0.3 is 10.1 Å². The molecule has 0 atom stereocenters. The Morgan fingerprint density at radius 2 is 1.82 bits per heavy atom. The number of hydrogen-bond acceptors (Lipinski definition) is 5. The minimum absolute atomic E-state index is 0.176. The van der Waals surface area contributed by atoms with E-state index >= 15 is 0 Å². The Labute approximate surface area is 177 Å². The summed E-state index contributed by atoms with van der Waals surface area (Å²) in [5, 5.41) is 12.7. The molecule has 0 spiro atoms. The van der Waals surface area contributed by atoms with Gasteiger partial charge in [0.1, 0.15) is 6.61 Å². The second-order valence-corrected chi connectivity index (χ2v) is 7.62. The van der Waals surface area contributed by atoms with E-state index in [9.17, 15) is 4.79 Å². The molecule has 0 unspecified atom stereocenters. The van der Waals surface area contributed by atoms with Gasteiger partial charge in [-0.3, -0.25) is 9.36 Å². The molecule has 6 nitrogen and oxygen atoms in total. The molecule has 0 radical (unpaired) electrons. The number of thioether (sulfide) groups is 1. The number of nitrogens with zero attached hydrogens (tertiary/aromatic N) is 3. The van der Waals surface area contributed by atoms with Crippen molar-refractivity contribution in [3.05, 3.63) is 64.4 Å². The fourth-order valence-corrected chi connectivity index (χ4v) is 3.91. The molecule has 1 heterocycles. The summed E-state index contributed by atoms with van der Waals surface area (Å²) in [5.41, 5.74) is 1.37. The molecule has 0 saturated heterocycles. The van der Waals surface area contributed by atoms with Gasteiger partial charge in [0.25, 0.3) is 0 Å². The lowest BCUT2D eigenvalue weighted by Crippen LogP contribution is -2.13. The van der Waals surface area contributed by atoms with Crippen LogP contribution in [0.1, 0.15) is 12.2 Å². The lowest BCUT2D eigenvalue weighted by atomic mass is 10.3. The van der Waals surface area contributed by atoms with Crippen LogP contribution < -0.4 is 5.32 Å². The van der Waals surface area contributed by atoms with E-state index in [1.165, 1.54) is 11.8 Å². The Bertz CT molecular complexity index is 930. The number of hydrogen-bond donors (Lipinski definition) is 1. The fourth-order valence-electron chi connectivity index (χ4n) is 2.51. The first-order valence-electron chi connectivity index (χ1n) is 8.45. The van der Waals surface area contributed by atoms with Crippen LogP contribution in [-0.2, 0) is 16.1 Å². The average Bonchev–Trinajstić information content (AvgIpc) is 3.08. The highest BCUT2D eigenvalue weighted by Gasteiger charge is 2.15.